The highest BCUT2D eigenvalue weighted by Gasteiger charge is 2.27. The van der Waals surface area contributed by atoms with Crippen LogP contribution in [0, 0.1) is 10.8 Å². The van der Waals surface area contributed by atoms with Gasteiger partial charge in [-0.1, -0.05) is 13.8 Å². The molecule has 2 N–H and O–H groups in total. The largest absolute Gasteiger partial charge is 0.481 e. The molecule has 0 aromatic heterocycles. The van der Waals surface area contributed by atoms with Crippen molar-refractivity contribution in [2.45, 2.75) is 67.2 Å². The maximum Gasteiger partial charge on any atom is 0.311 e. The molecule has 152 valence electrons. The van der Waals surface area contributed by atoms with Gasteiger partial charge in [-0.2, -0.15) is 0 Å². The molecule has 0 aliphatic rings. The molecule has 0 heterocycles. The third-order valence-corrected chi connectivity index (χ3v) is 4.02. The quantitative estimate of drug-likeness (QED) is 0.440. The summed E-state index contributed by atoms with van der Waals surface area (Å²) in [6.45, 7) is 10.7. The second-order valence-electron chi connectivity index (χ2n) is 7.03. The molecular formula is C18H32O8. The van der Waals surface area contributed by atoms with Gasteiger partial charge in [0, 0.05) is 0 Å². The summed E-state index contributed by atoms with van der Waals surface area (Å²) in [5.74, 6) is -2.72. The van der Waals surface area contributed by atoms with Crippen LogP contribution in [0.15, 0.2) is 0 Å². The van der Waals surface area contributed by atoms with E-state index < -0.39 is 28.7 Å². The Hall–Kier alpha value is -2.12. The van der Waals surface area contributed by atoms with Gasteiger partial charge < -0.3 is 19.7 Å². The van der Waals surface area contributed by atoms with Gasteiger partial charge in [-0.3, -0.25) is 19.2 Å². The predicted octanol–water partition coefficient (Wildman–Crippen LogP) is 2.88. The van der Waals surface area contributed by atoms with E-state index in [1.807, 2.05) is 13.8 Å². The average molecular weight is 376 g/mol. The fourth-order valence-corrected chi connectivity index (χ4v) is 1.06. The first-order chi connectivity index (χ1) is 11.8. The minimum atomic E-state index is -1.05. The molecule has 0 spiro atoms. The van der Waals surface area contributed by atoms with Gasteiger partial charge >= 0.3 is 23.9 Å². The second-order valence-corrected chi connectivity index (χ2v) is 7.03. The first kappa shape index (κ1) is 26.1. The van der Waals surface area contributed by atoms with E-state index in [9.17, 15) is 19.2 Å². The summed E-state index contributed by atoms with van der Waals surface area (Å²) in [6.07, 6.45) is 0.901. The molecule has 0 saturated carbocycles. The number of hydrogen-bond donors (Lipinski definition) is 2. The number of carbonyl (C=O) groups excluding carboxylic acids is 2. The van der Waals surface area contributed by atoms with Crippen LogP contribution in [0.2, 0.25) is 0 Å². The second kappa shape index (κ2) is 12.3. The van der Waals surface area contributed by atoms with Gasteiger partial charge in [0.2, 0.25) is 0 Å². The van der Waals surface area contributed by atoms with Crippen LogP contribution in [0.25, 0.3) is 0 Å². The number of hydrogen-bond acceptors (Lipinski definition) is 6. The van der Waals surface area contributed by atoms with Crippen molar-refractivity contribution in [2.24, 2.45) is 10.8 Å². The fourth-order valence-electron chi connectivity index (χ4n) is 1.06. The summed E-state index contributed by atoms with van der Waals surface area (Å²) < 4.78 is 9.65. The van der Waals surface area contributed by atoms with Crippen LogP contribution in [0.3, 0.4) is 0 Å². The van der Waals surface area contributed by atoms with E-state index in [2.05, 4.69) is 0 Å². The van der Waals surface area contributed by atoms with E-state index >= 15 is 0 Å². The first-order valence-corrected chi connectivity index (χ1v) is 8.58. The number of rotatable bonds is 10. The Kier molecular flexibility index (Phi) is 12.3. The Morgan fingerprint density at radius 1 is 0.769 bits per heavy atom. The highest BCUT2D eigenvalue weighted by Crippen LogP contribution is 2.21. The molecule has 0 unspecified atom stereocenters. The van der Waals surface area contributed by atoms with Crippen molar-refractivity contribution in [3.8, 4) is 0 Å². The maximum absolute atomic E-state index is 11.5. The minimum Gasteiger partial charge on any atom is -0.481 e. The lowest BCUT2D eigenvalue weighted by Crippen LogP contribution is -2.27. The molecule has 0 fully saturated rings. The SMILES string of the molecule is CCC(C)(C)C(=O)O.CCC(C)(C)C(=O)OCCOC(=O)CCC(=O)O. The lowest BCUT2D eigenvalue weighted by Gasteiger charge is -2.20. The Morgan fingerprint density at radius 3 is 1.58 bits per heavy atom. The topological polar surface area (TPSA) is 127 Å². The molecule has 0 bridgehead atoms. The van der Waals surface area contributed by atoms with Crippen molar-refractivity contribution >= 4 is 23.9 Å². The number of ether oxygens (including phenoxy) is 2. The van der Waals surface area contributed by atoms with Gasteiger partial charge in [0.25, 0.3) is 0 Å². The van der Waals surface area contributed by atoms with Crippen LogP contribution >= 0.6 is 0 Å². The Labute approximate surface area is 154 Å². The summed E-state index contributed by atoms with van der Waals surface area (Å²) >= 11 is 0. The molecule has 0 aliphatic heterocycles. The Bertz CT molecular complexity index is 480. The highest BCUT2D eigenvalue weighted by atomic mass is 16.6. The van der Waals surface area contributed by atoms with Crippen molar-refractivity contribution in [3.63, 3.8) is 0 Å². The van der Waals surface area contributed by atoms with E-state index in [1.165, 1.54) is 0 Å². The normalized spacial score (nSPS) is 11.0. The third kappa shape index (κ3) is 12.3. The van der Waals surface area contributed by atoms with E-state index in [0.29, 0.717) is 12.8 Å². The smallest absolute Gasteiger partial charge is 0.311 e. The standard InChI is InChI=1S/C12H20O6.C6H12O2/c1-4-12(2,3)11(16)18-8-7-17-10(15)6-5-9(13)14;1-4-6(2,3)5(7)8/h4-8H2,1-3H3,(H,13,14);4H2,1-3H3,(H,7,8). The Balaban J connectivity index is 0. The summed E-state index contributed by atoms with van der Waals surface area (Å²) in [6, 6.07) is 0. The lowest BCUT2D eigenvalue weighted by molar-refractivity contribution is -0.159. The Morgan fingerprint density at radius 2 is 1.23 bits per heavy atom. The third-order valence-electron chi connectivity index (χ3n) is 4.02. The molecule has 8 heteroatoms. The molecule has 0 aromatic rings. The number of carboxylic acids is 2. The van der Waals surface area contributed by atoms with Gasteiger partial charge in [0.05, 0.1) is 23.7 Å². The van der Waals surface area contributed by atoms with E-state index in [0.717, 1.165) is 0 Å². The van der Waals surface area contributed by atoms with Gasteiger partial charge in [0.1, 0.15) is 13.2 Å². The van der Waals surface area contributed by atoms with Gasteiger partial charge in [-0.05, 0) is 40.5 Å². The lowest BCUT2D eigenvalue weighted by atomic mass is 9.91. The van der Waals surface area contributed by atoms with Gasteiger partial charge in [-0.15, -0.1) is 0 Å². The molecule has 0 amide bonds. The van der Waals surface area contributed by atoms with Crippen molar-refractivity contribution in [2.75, 3.05) is 13.2 Å². The van der Waals surface area contributed by atoms with Crippen molar-refractivity contribution in [3.05, 3.63) is 0 Å². The molecule has 8 nitrogen and oxygen atoms in total. The van der Waals surface area contributed by atoms with Gasteiger partial charge in [-0.25, -0.2) is 0 Å². The maximum atomic E-state index is 11.5. The molecule has 0 rings (SSSR count). The van der Waals surface area contributed by atoms with E-state index in [1.54, 1.807) is 27.7 Å². The minimum absolute atomic E-state index is 0.0128. The van der Waals surface area contributed by atoms with Crippen LogP contribution in [-0.4, -0.2) is 47.3 Å². The predicted molar refractivity (Wildman–Crippen MR) is 94.6 cm³/mol. The van der Waals surface area contributed by atoms with Crippen LogP contribution in [-0.2, 0) is 28.7 Å². The molecule has 26 heavy (non-hydrogen) atoms. The summed E-state index contributed by atoms with van der Waals surface area (Å²) in [7, 11) is 0. The molecule has 0 aliphatic carbocycles. The number of carbonyl (C=O) groups is 4. The van der Waals surface area contributed by atoms with Crippen LogP contribution in [0.1, 0.15) is 67.2 Å². The average Bonchev–Trinajstić information content (AvgIpc) is 2.56. The van der Waals surface area contributed by atoms with E-state index in [4.69, 9.17) is 19.7 Å². The van der Waals surface area contributed by atoms with Crippen LogP contribution in [0.5, 0.6) is 0 Å². The van der Waals surface area contributed by atoms with Crippen LogP contribution < -0.4 is 0 Å². The first-order valence-electron chi connectivity index (χ1n) is 8.58. The fraction of sp³-hybridized carbons (Fsp3) is 0.778. The van der Waals surface area contributed by atoms with Gasteiger partial charge in [0.15, 0.2) is 0 Å². The monoisotopic (exact) mass is 376 g/mol. The molecule has 0 saturated heterocycles. The zero-order valence-electron chi connectivity index (χ0n) is 16.6. The summed E-state index contributed by atoms with van der Waals surface area (Å²) in [4.78, 5) is 43.0. The van der Waals surface area contributed by atoms with Crippen molar-refractivity contribution < 1.29 is 38.9 Å². The molecular weight excluding hydrogens is 344 g/mol. The van der Waals surface area contributed by atoms with Crippen LogP contribution in [0.4, 0.5) is 0 Å². The number of carboxylic acid groups (broad SMARTS) is 2. The number of esters is 2. The number of aliphatic carboxylic acids is 2. The zero-order chi connectivity index (χ0) is 21.0. The molecule has 0 aromatic carbocycles. The molecule has 0 atom stereocenters. The van der Waals surface area contributed by atoms with Crippen molar-refractivity contribution in [1.82, 2.24) is 0 Å². The zero-order valence-corrected chi connectivity index (χ0v) is 16.6. The van der Waals surface area contributed by atoms with Crippen molar-refractivity contribution in [1.29, 1.82) is 0 Å². The highest BCUT2D eigenvalue weighted by molar-refractivity contribution is 5.77. The van der Waals surface area contributed by atoms with E-state index in [-0.39, 0.29) is 32.0 Å². The molecule has 0 radical (unpaired) electrons. The summed E-state index contributed by atoms with van der Waals surface area (Å²) in [5.41, 5.74) is -1.09. The summed E-state index contributed by atoms with van der Waals surface area (Å²) in [5, 5.41) is 16.8.